The number of anilines is 1. The van der Waals surface area contributed by atoms with Gasteiger partial charge in [-0.3, -0.25) is 13.9 Å². The van der Waals surface area contributed by atoms with Crippen LogP contribution < -0.4 is 9.62 Å². The molecule has 0 spiro atoms. The Morgan fingerprint density at radius 1 is 0.791 bits per heavy atom. The molecule has 224 valence electrons. The minimum Gasteiger partial charge on any atom is -0.352 e. The highest BCUT2D eigenvalue weighted by atomic mass is 32.2. The Hall–Kier alpha value is -4.43. The van der Waals surface area contributed by atoms with Gasteiger partial charge in [0.25, 0.3) is 10.0 Å². The molecule has 0 aliphatic heterocycles. The number of benzene rings is 4. The van der Waals surface area contributed by atoms with E-state index in [2.05, 4.69) is 5.32 Å². The summed E-state index contributed by atoms with van der Waals surface area (Å²) < 4.78 is 29.0. The van der Waals surface area contributed by atoms with Crippen LogP contribution in [0.4, 0.5) is 5.69 Å². The summed E-state index contributed by atoms with van der Waals surface area (Å²) in [5.74, 6) is -0.760. The van der Waals surface area contributed by atoms with E-state index < -0.39 is 28.5 Å². The molecule has 4 aromatic rings. The van der Waals surface area contributed by atoms with Gasteiger partial charge in [-0.05, 0) is 61.2 Å². The van der Waals surface area contributed by atoms with E-state index in [-0.39, 0.29) is 29.8 Å². The molecule has 0 saturated carbocycles. The van der Waals surface area contributed by atoms with E-state index >= 15 is 0 Å². The Labute approximate surface area is 255 Å². The molecule has 0 aliphatic rings. The zero-order valence-electron chi connectivity index (χ0n) is 24.9. The molecule has 2 amide bonds. The number of carbonyl (C=O) groups is 2. The minimum absolute atomic E-state index is 0.0763. The van der Waals surface area contributed by atoms with Crippen LogP contribution >= 0.6 is 0 Å². The van der Waals surface area contributed by atoms with E-state index in [0.717, 1.165) is 27.4 Å². The zero-order chi connectivity index (χ0) is 30.8. The lowest BCUT2D eigenvalue weighted by atomic mass is 10.0. The monoisotopic (exact) mass is 597 g/mol. The molecule has 0 aliphatic carbocycles. The summed E-state index contributed by atoms with van der Waals surface area (Å²) in [5, 5.41) is 3.06. The van der Waals surface area contributed by atoms with Crippen LogP contribution in [0.15, 0.2) is 120 Å². The third kappa shape index (κ3) is 8.11. The van der Waals surface area contributed by atoms with Crippen LogP contribution in [0.1, 0.15) is 37.0 Å². The summed E-state index contributed by atoms with van der Waals surface area (Å²) in [6.45, 7) is 5.54. The van der Waals surface area contributed by atoms with Gasteiger partial charge in [0.1, 0.15) is 12.6 Å². The summed E-state index contributed by atoms with van der Waals surface area (Å²) >= 11 is 0. The molecule has 8 heteroatoms. The molecule has 0 bridgehead atoms. The number of nitrogens with one attached hydrogen (secondary N) is 1. The molecule has 0 heterocycles. The number of para-hydroxylation sites is 1. The lowest BCUT2D eigenvalue weighted by Crippen LogP contribution is -2.54. The van der Waals surface area contributed by atoms with Crippen molar-refractivity contribution >= 4 is 27.5 Å². The number of nitrogens with zero attached hydrogens (tertiary/aromatic N) is 2. The van der Waals surface area contributed by atoms with Crippen molar-refractivity contribution < 1.29 is 18.0 Å². The van der Waals surface area contributed by atoms with Crippen LogP contribution in [0, 0.1) is 6.92 Å². The highest BCUT2D eigenvalue weighted by Gasteiger charge is 2.35. The van der Waals surface area contributed by atoms with Gasteiger partial charge in [-0.15, -0.1) is 0 Å². The average Bonchev–Trinajstić information content (AvgIpc) is 3.03. The van der Waals surface area contributed by atoms with E-state index in [4.69, 9.17) is 0 Å². The predicted octanol–water partition coefficient (Wildman–Crippen LogP) is 5.75. The first-order valence-corrected chi connectivity index (χ1v) is 16.0. The van der Waals surface area contributed by atoms with Gasteiger partial charge in [0, 0.05) is 19.0 Å². The summed E-state index contributed by atoms with van der Waals surface area (Å²) in [6.07, 6.45) is 1.00. The lowest BCUT2D eigenvalue weighted by Gasteiger charge is -2.34. The van der Waals surface area contributed by atoms with Crippen LogP contribution in [-0.4, -0.2) is 43.8 Å². The normalized spacial score (nSPS) is 12.6. The first-order valence-electron chi connectivity index (χ1n) is 14.5. The maximum atomic E-state index is 14.5. The van der Waals surface area contributed by atoms with Gasteiger partial charge in [0.2, 0.25) is 11.8 Å². The van der Waals surface area contributed by atoms with Crippen molar-refractivity contribution in [1.29, 1.82) is 0 Å². The van der Waals surface area contributed by atoms with Crippen LogP contribution in [0.5, 0.6) is 0 Å². The maximum Gasteiger partial charge on any atom is 0.264 e. The smallest absolute Gasteiger partial charge is 0.264 e. The van der Waals surface area contributed by atoms with Gasteiger partial charge in [0.05, 0.1) is 10.6 Å². The van der Waals surface area contributed by atoms with Crippen LogP contribution in [0.25, 0.3) is 0 Å². The average molecular weight is 598 g/mol. The highest BCUT2D eigenvalue weighted by molar-refractivity contribution is 7.92. The van der Waals surface area contributed by atoms with E-state index in [9.17, 15) is 18.0 Å². The number of sulfonamides is 1. The number of hydrogen-bond donors (Lipinski definition) is 1. The fraction of sp³-hybridized carbons (Fsp3) is 0.257. The molecule has 7 nitrogen and oxygen atoms in total. The lowest BCUT2D eigenvalue weighted by molar-refractivity contribution is -0.140. The SMILES string of the molecule is CC[C@H](C)NC(=O)[C@H](Cc1ccccc1)N(Cc1ccccc1C)C(=O)CN(c1ccccc1)S(=O)(=O)c1ccccc1. The number of carbonyl (C=O) groups excluding carboxylic acids is 2. The van der Waals surface area contributed by atoms with Crippen LogP contribution in [-0.2, 0) is 32.6 Å². The molecular formula is C35H39N3O4S. The number of aryl methyl sites for hydroxylation is 1. The fourth-order valence-corrected chi connectivity index (χ4v) is 6.24. The van der Waals surface area contributed by atoms with Crippen molar-refractivity contribution in [1.82, 2.24) is 10.2 Å². The van der Waals surface area contributed by atoms with Gasteiger partial charge in [0.15, 0.2) is 0 Å². The Balaban J connectivity index is 1.79. The standard InChI is InChI=1S/C35H39N3O4S/c1-4-28(3)36-35(40)33(24-29-17-8-5-9-18-29)37(25-30-19-15-14-16-27(30)2)34(39)26-38(31-20-10-6-11-21-31)43(41,42)32-22-12-7-13-23-32/h5-23,28,33H,4,24-26H2,1-3H3,(H,36,40)/t28-,33-/m0/s1. The molecule has 1 N–H and O–H groups in total. The first-order chi connectivity index (χ1) is 20.7. The highest BCUT2D eigenvalue weighted by Crippen LogP contribution is 2.25. The van der Waals surface area contributed by atoms with E-state index in [1.807, 2.05) is 75.4 Å². The molecule has 2 atom stereocenters. The Morgan fingerprint density at radius 3 is 1.95 bits per heavy atom. The predicted molar refractivity (Wildman–Crippen MR) is 171 cm³/mol. The van der Waals surface area contributed by atoms with E-state index in [1.165, 1.54) is 17.0 Å². The topological polar surface area (TPSA) is 86.8 Å². The number of amides is 2. The molecule has 43 heavy (non-hydrogen) atoms. The van der Waals surface area contributed by atoms with Crippen LogP contribution in [0.3, 0.4) is 0 Å². The second kappa shape index (κ2) is 14.6. The number of rotatable bonds is 13. The van der Waals surface area contributed by atoms with Gasteiger partial charge in [-0.25, -0.2) is 8.42 Å². The first kappa shape index (κ1) is 31.5. The third-order valence-electron chi connectivity index (χ3n) is 7.53. The minimum atomic E-state index is -4.11. The fourth-order valence-electron chi connectivity index (χ4n) is 4.81. The molecular weight excluding hydrogens is 558 g/mol. The second-order valence-electron chi connectivity index (χ2n) is 10.6. The van der Waals surface area contributed by atoms with Crippen molar-refractivity contribution in [3.63, 3.8) is 0 Å². The summed E-state index contributed by atoms with van der Waals surface area (Å²) in [7, 11) is -4.11. The van der Waals surface area contributed by atoms with Gasteiger partial charge in [-0.1, -0.05) is 97.9 Å². The Kier molecular flexibility index (Phi) is 10.7. The van der Waals surface area contributed by atoms with Crippen molar-refractivity contribution in [3.05, 3.63) is 132 Å². The molecule has 0 unspecified atom stereocenters. The van der Waals surface area contributed by atoms with Crippen LogP contribution in [0.2, 0.25) is 0 Å². The molecule has 0 saturated heterocycles. The third-order valence-corrected chi connectivity index (χ3v) is 9.32. The van der Waals surface area contributed by atoms with Gasteiger partial charge < -0.3 is 10.2 Å². The number of hydrogen-bond acceptors (Lipinski definition) is 4. The van der Waals surface area contributed by atoms with Crippen molar-refractivity contribution in [2.24, 2.45) is 0 Å². The second-order valence-corrected chi connectivity index (χ2v) is 12.5. The largest absolute Gasteiger partial charge is 0.352 e. The van der Waals surface area contributed by atoms with Crippen molar-refractivity contribution in [3.8, 4) is 0 Å². The molecule has 4 aromatic carbocycles. The summed E-state index contributed by atoms with van der Waals surface area (Å²) in [6, 6.07) is 32.9. The van der Waals surface area contributed by atoms with E-state index in [0.29, 0.717) is 5.69 Å². The molecule has 4 rings (SSSR count). The maximum absolute atomic E-state index is 14.5. The molecule has 0 radical (unpaired) electrons. The molecule has 0 fully saturated rings. The summed E-state index contributed by atoms with van der Waals surface area (Å²) in [4.78, 5) is 29.9. The van der Waals surface area contributed by atoms with Crippen molar-refractivity contribution in [2.45, 2.75) is 57.1 Å². The Morgan fingerprint density at radius 2 is 1.35 bits per heavy atom. The molecule has 0 aromatic heterocycles. The Bertz CT molecular complexity index is 1600. The van der Waals surface area contributed by atoms with Crippen molar-refractivity contribution in [2.75, 3.05) is 10.8 Å². The summed E-state index contributed by atoms with van der Waals surface area (Å²) in [5.41, 5.74) is 3.10. The van der Waals surface area contributed by atoms with E-state index in [1.54, 1.807) is 48.5 Å². The quantitative estimate of drug-likeness (QED) is 0.213. The van der Waals surface area contributed by atoms with Gasteiger partial charge >= 0.3 is 0 Å². The zero-order valence-corrected chi connectivity index (χ0v) is 25.7. The van der Waals surface area contributed by atoms with Gasteiger partial charge in [-0.2, -0.15) is 0 Å².